The lowest BCUT2D eigenvalue weighted by Gasteiger charge is -2.25. The number of benzene rings is 2. The average molecular weight is 324 g/mol. The van der Waals surface area contributed by atoms with Crippen LogP contribution in [0.3, 0.4) is 0 Å². The van der Waals surface area contributed by atoms with E-state index in [9.17, 15) is 4.79 Å². The number of nitrogens with one attached hydrogen (secondary N) is 1. The van der Waals surface area contributed by atoms with Gasteiger partial charge in [0, 0.05) is 31.6 Å². The Morgan fingerprint density at radius 1 is 1.12 bits per heavy atom. The minimum absolute atomic E-state index is 0.109. The summed E-state index contributed by atoms with van der Waals surface area (Å²) in [6.45, 7) is 2.27. The van der Waals surface area contributed by atoms with E-state index in [0.29, 0.717) is 19.5 Å². The van der Waals surface area contributed by atoms with Crippen molar-refractivity contribution in [2.75, 3.05) is 20.2 Å². The van der Waals surface area contributed by atoms with Gasteiger partial charge >= 0.3 is 0 Å². The van der Waals surface area contributed by atoms with Gasteiger partial charge in [0.1, 0.15) is 5.75 Å². The van der Waals surface area contributed by atoms with Gasteiger partial charge in [-0.25, -0.2) is 0 Å². The largest absolute Gasteiger partial charge is 0.496 e. The summed E-state index contributed by atoms with van der Waals surface area (Å²) >= 11 is 0. The molecule has 1 atom stereocenters. The summed E-state index contributed by atoms with van der Waals surface area (Å²) in [5.74, 6) is 1.14. The lowest BCUT2D eigenvalue weighted by atomic mass is 10.1. The van der Waals surface area contributed by atoms with Gasteiger partial charge < -0.3 is 15.0 Å². The Balaban J connectivity index is 1.73. The number of amides is 1. The smallest absolute Gasteiger partial charge is 0.222 e. The molecular weight excluding hydrogens is 300 g/mol. The third-order valence-corrected chi connectivity index (χ3v) is 4.51. The van der Waals surface area contributed by atoms with Gasteiger partial charge in [0.15, 0.2) is 0 Å². The van der Waals surface area contributed by atoms with Gasteiger partial charge in [0.25, 0.3) is 0 Å². The van der Waals surface area contributed by atoms with Crippen molar-refractivity contribution in [3.8, 4) is 5.75 Å². The third kappa shape index (κ3) is 3.95. The predicted octanol–water partition coefficient (Wildman–Crippen LogP) is 3.15. The molecule has 1 N–H and O–H groups in total. The molecule has 0 aromatic heterocycles. The van der Waals surface area contributed by atoms with Crippen LogP contribution in [0, 0.1) is 0 Å². The molecule has 2 aromatic carbocycles. The number of ether oxygens (including phenoxy) is 1. The summed E-state index contributed by atoms with van der Waals surface area (Å²) in [5.41, 5.74) is 2.32. The Morgan fingerprint density at radius 2 is 1.88 bits per heavy atom. The standard InChI is InChI=1S/C20H24N2O2/c1-24-19-11-6-5-10-17(19)14-21-18(16-8-3-2-4-9-16)15-22-13-7-12-20(22)23/h2-6,8-11,18,21H,7,12-15H2,1H3. The molecule has 0 radical (unpaired) electrons. The van der Waals surface area contributed by atoms with Crippen LogP contribution in [0.25, 0.3) is 0 Å². The molecule has 1 amide bonds. The molecule has 0 saturated carbocycles. The summed E-state index contributed by atoms with van der Waals surface area (Å²) in [6, 6.07) is 18.5. The molecule has 24 heavy (non-hydrogen) atoms. The summed E-state index contributed by atoms with van der Waals surface area (Å²) < 4.78 is 5.43. The van der Waals surface area contributed by atoms with E-state index in [2.05, 4.69) is 23.5 Å². The zero-order valence-electron chi connectivity index (χ0n) is 14.1. The summed E-state index contributed by atoms with van der Waals surface area (Å²) in [4.78, 5) is 14.0. The first-order valence-electron chi connectivity index (χ1n) is 8.46. The number of methoxy groups -OCH3 is 1. The molecule has 1 fully saturated rings. The molecule has 0 aliphatic carbocycles. The molecule has 1 saturated heterocycles. The third-order valence-electron chi connectivity index (χ3n) is 4.51. The quantitative estimate of drug-likeness (QED) is 0.851. The van der Waals surface area contributed by atoms with Crippen molar-refractivity contribution in [1.82, 2.24) is 10.2 Å². The van der Waals surface area contributed by atoms with Gasteiger partial charge in [0.05, 0.1) is 13.2 Å². The maximum Gasteiger partial charge on any atom is 0.222 e. The maximum atomic E-state index is 12.0. The molecular formula is C20H24N2O2. The van der Waals surface area contributed by atoms with Gasteiger partial charge in [-0.1, -0.05) is 48.5 Å². The number of likely N-dealkylation sites (tertiary alicyclic amines) is 1. The highest BCUT2D eigenvalue weighted by Crippen LogP contribution is 2.21. The second kappa shape index (κ2) is 7.97. The van der Waals surface area contributed by atoms with Crippen molar-refractivity contribution in [1.29, 1.82) is 0 Å². The number of rotatable bonds is 7. The van der Waals surface area contributed by atoms with Gasteiger partial charge in [-0.3, -0.25) is 4.79 Å². The molecule has 1 heterocycles. The number of nitrogens with zero attached hydrogens (tertiary/aromatic N) is 1. The summed E-state index contributed by atoms with van der Waals surface area (Å²) in [5, 5.41) is 3.60. The van der Waals surface area contributed by atoms with E-state index in [-0.39, 0.29) is 11.9 Å². The monoisotopic (exact) mass is 324 g/mol. The van der Waals surface area contributed by atoms with E-state index >= 15 is 0 Å². The molecule has 0 spiro atoms. The van der Waals surface area contributed by atoms with E-state index in [1.54, 1.807) is 7.11 Å². The second-order valence-corrected chi connectivity index (χ2v) is 6.10. The van der Waals surface area contributed by atoms with Crippen LogP contribution in [-0.4, -0.2) is 31.0 Å². The topological polar surface area (TPSA) is 41.6 Å². The fourth-order valence-electron chi connectivity index (χ4n) is 3.17. The van der Waals surface area contributed by atoms with Crippen molar-refractivity contribution in [2.45, 2.75) is 25.4 Å². The normalized spacial score (nSPS) is 15.5. The minimum atomic E-state index is 0.109. The molecule has 1 unspecified atom stereocenters. The second-order valence-electron chi connectivity index (χ2n) is 6.10. The van der Waals surface area contributed by atoms with Crippen molar-refractivity contribution in [3.05, 3.63) is 65.7 Å². The summed E-state index contributed by atoms with van der Waals surface area (Å²) in [6.07, 6.45) is 1.64. The minimum Gasteiger partial charge on any atom is -0.496 e. The zero-order valence-corrected chi connectivity index (χ0v) is 14.1. The van der Waals surface area contributed by atoms with Gasteiger partial charge in [-0.2, -0.15) is 0 Å². The lowest BCUT2D eigenvalue weighted by molar-refractivity contribution is -0.128. The number of hydrogen-bond donors (Lipinski definition) is 1. The number of para-hydroxylation sites is 1. The molecule has 4 heteroatoms. The molecule has 0 bridgehead atoms. The first-order valence-corrected chi connectivity index (χ1v) is 8.46. The Kier molecular flexibility index (Phi) is 5.49. The van der Waals surface area contributed by atoms with Crippen molar-refractivity contribution >= 4 is 5.91 Å². The molecule has 3 rings (SSSR count). The van der Waals surface area contributed by atoms with Crippen molar-refractivity contribution < 1.29 is 9.53 Å². The molecule has 1 aliphatic heterocycles. The van der Waals surface area contributed by atoms with Crippen LogP contribution in [0.1, 0.15) is 30.0 Å². The van der Waals surface area contributed by atoms with Gasteiger partial charge in [0.2, 0.25) is 5.91 Å². The van der Waals surface area contributed by atoms with Crippen molar-refractivity contribution in [2.24, 2.45) is 0 Å². The van der Waals surface area contributed by atoms with E-state index in [1.165, 1.54) is 5.56 Å². The Hall–Kier alpha value is -2.33. The van der Waals surface area contributed by atoms with E-state index in [4.69, 9.17) is 4.74 Å². The van der Waals surface area contributed by atoms with Crippen LogP contribution in [0.2, 0.25) is 0 Å². The molecule has 126 valence electrons. The fraction of sp³-hybridized carbons (Fsp3) is 0.350. The SMILES string of the molecule is COc1ccccc1CNC(CN1CCCC1=O)c1ccccc1. The van der Waals surface area contributed by atoms with Crippen LogP contribution < -0.4 is 10.1 Å². The van der Waals surface area contributed by atoms with Crippen LogP contribution in [0.5, 0.6) is 5.75 Å². The maximum absolute atomic E-state index is 12.0. The average Bonchev–Trinajstić information content (AvgIpc) is 3.04. The molecule has 4 nitrogen and oxygen atoms in total. The van der Waals surface area contributed by atoms with Crippen LogP contribution in [0.4, 0.5) is 0 Å². The van der Waals surface area contributed by atoms with Crippen LogP contribution in [0.15, 0.2) is 54.6 Å². The number of carbonyl (C=O) groups excluding carboxylic acids is 1. The predicted molar refractivity (Wildman–Crippen MR) is 94.8 cm³/mol. The van der Waals surface area contributed by atoms with Crippen molar-refractivity contribution in [3.63, 3.8) is 0 Å². The highest BCUT2D eigenvalue weighted by atomic mass is 16.5. The highest BCUT2D eigenvalue weighted by Gasteiger charge is 2.24. The first-order chi connectivity index (χ1) is 11.8. The van der Waals surface area contributed by atoms with Gasteiger partial charge in [-0.05, 0) is 18.1 Å². The Labute approximate surface area is 143 Å². The lowest BCUT2D eigenvalue weighted by Crippen LogP contribution is -2.35. The Bertz CT molecular complexity index is 672. The van der Waals surface area contributed by atoms with Crippen LogP contribution >= 0.6 is 0 Å². The van der Waals surface area contributed by atoms with E-state index in [1.807, 2.05) is 41.3 Å². The fourth-order valence-corrected chi connectivity index (χ4v) is 3.17. The van der Waals surface area contributed by atoms with E-state index in [0.717, 1.165) is 24.3 Å². The first kappa shape index (κ1) is 16.5. The highest BCUT2D eigenvalue weighted by molar-refractivity contribution is 5.78. The zero-order chi connectivity index (χ0) is 16.8. The molecule has 2 aromatic rings. The number of hydrogen-bond acceptors (Lipinski definition) is 3. The van der Waals surface area contributed by atoms with E-state index < -0.39 is 0 Å². The number of carbonyl (C=O) groups is 1. The molecule has 1 aliphatic rings. The van der Waals surface area contributed by atoms with Crippen LogP contribution in [-0.2, 0) is 11.3 Å². The van der Waals surface area contributed by atoms with Gasteiger partial charge in [-0.15, -0.1) is 0 Å². The Morgan fingerprint density at radius 3 is 2.58 bits per heavy atom. The summed E-state index contributed by atoms with van der Waals surface area (Å²) in [7, 11) is 1.69.